The van der Waals surface area contributed by atoms with Crippen molar-refractivity contribution in [2.75, 3.05) is 0 Å². The third-order valence-corrected chi connectivity index (χ3v) is 5.19. The molecule has 0 aliphatic carbocycles. The number of aromatic nitrogens is 1. The summed E-state index contributed by atoms with van der Waals surface area (Å²) in [6.07, 6.45) is 1.89. The molecule has 0 bridgehead atoms. The average Bonchev–Trinajstić information content (AvgIpc) is 2.61. The maximum atomic E-state index is 6.36. The van der Waals surface area contributed by atoms with Gasteiger partial charge in [-0.1, -0.05) is 58.0 Å². The molecule has 126 valence electrons. The zero-order valence-corrected chi connectivity index (χ0v) is 15.2. The molecule has 0 amide bonds. The molecular weight excluding hydrogens is 306 g/mol. The SMILES string of the molecule is CC(C)c1ccnc(-c2cccc3c2Oc2ccccc2C3(C)C)c1. The highest BCUT2D eigenvalue weighted by Gasteiger charge is 2.35. The van der Waals surface area contributed by atoms with Gasteiger partial charge in [-0.2, -0.15) is 0 Å². The lowest BCUT2D eigenvalue weighted by molar-refractivity contribution is 0.419. The average molecular weight is 329 g/mol. The zero-order valence-electron chi connectivity index (χ0n) is 15.2. The summed E-state index contributed by atoms with van der Waals surface area (Å²) in [7, 11) is 0. The second kappa shape index (κ2) is 5.73. The number of hydrogen-bond donors (Lipinski definition) is 0. The topological polar surface area (TPSA) is 22.1 Å². The van der Waals surface area contributed by atoms with E-state index in [-0.39, 0.29) is 5.41 Å². The largest absolute Gasteiger partial charge is 0.456 e. The van der Waals surface area contributed by atoms with Crippen LogP contribution in [0.3, 0.4) is 0 Å². The van der Waals surface area contributed by atoms with E-state index in [1.807, 2.05) is 12.3 Å². The smallest absolute Gasteiger partial charge is 0.140 e. The molecule has 0 unspecified atom stereocenters. The maximum absolute atomic E-state index is 6.36. The molecule has 0 saturated carbocycles. The molecule has 2 heterocycles. The first kappa shape index (κ1) is 15.9. The van der Waals surface area contributed by atoms with Crippen LogP contribution >= 0.6 is 0 Å². The van der Waals surface area contributed by atoms with Crippen LogP contribution in [-0.4, -0.2) is 4.98 Å². The monoisotopic (exact) mass is 329 g/mol. The normalized spacial score (nSPS) is 14.6. The highest BCUT2D eigenvalue weighted by Crippen LogP contribution is 2.50. The van der Waals surface area contributed by atoms with Gasteiger partial charge in [0.15, 0.2) is 0 Å². The Morgan fingerprint density at radius 3 is 2.48 bits per heavy atom. The molecule has 0 saturated heterocycles. The third kappa shape index (κ3) is 2.53. The Bertz CT molecular complexity index is 940. The minimum Gasteiger partial charge on any atom is -0.456 e. The first-order chi connectivity index (χ1) is 12.0. The number of benzene rings is 2. The van der Waals surface area contributed by atoms with E-state index in [1.165, 1.54) is 16.7 Å². The number of rotatable bonds is 2. The summed E-state index contributed by atoms with van der Waals surface area (Å²) in [5, 5.41) is 0. The predicted octanol–water partition coefficient (Wildman–Crippen LogP) is 6.30. The molecule has 0 atom stereocenters. The van der Waals surface area contributed by atoms with Crippen molar-refractivity contribution < 1.29 is 4.74 Å². The van der Waals surface area contributed by atoms with Crippen LogP contribution in [0.4, 0.5) is 0 Å². The van der Waals surface area contributed by atoms with Gasteiger partial charge < -0.3 is 4.74 Å². The van der Waals surface area contributed by atoms with Crippen molar-refractivity contribution in [1.29, 1.82) is 0 Å². The van der Waals surface area contributed by atoms with Crippen molar-refractivity contribution in [2.24, 2.45) is 0 Å². The summed E-state index contributed by atoms with van der Waals surface area (Å²) in [5.41, 5.74) is 5.65. The van der Waals surface area contributed by atoms with Gasteiger partial charge >= 0.3 is 0 Å². The number of para-hydroxylation sites is 2. The lowest BCUT2D eigenvalue weighted by Crippen LogP contribution is -2.24. The van der Waals surface area contributed by atoms with Crippen molar-refractivity contribution in [3.05, 3.63) is 77.5 Å². The van der Waals surface area contributed by atoms with Gasteiger partial charge in [-0.25, -0.2) is 0 Å². The fraction of sp³-hybridized carbons (Fsp3) is 0.261. The number of fused-ring (bicyclic) bond motifs is 2. The third-order valence-electron chi connectivity index (χ3n) is 5.19. The van der Waals surface area contributed by atoms with Crippen LogP contribution in [0, 0.1) is 0 Å². The minimum absolute atomic E-state index is 0.101. The van der Waals surface area contributed by atoms with Gasteiger partial charge in [0.1, 0.15) is 11.5 Å². The Labute approximate surface area is 149 Å². The Balaban J connectivity index is 1.92. The van der Waals surface area contributed by atoms with Crippen LogP contribution in [0.5, 0.6) is 11.5 Å². The molecule has 0 spiro atoms. The maximum Gasteiger partial charge on any atom is 0.140 e. The summed E-state index contributed by atoms with van der Waals surface area (Å²) < 4.78 is 6.36. The van der Waals surface area contributed by atoms with E-state index in [1.54, 1.807) is 0 Å². The van der Waals surface area contributed by atoms with Crippen LogP contribution in [0.1, 0.15) is 50.3 Å². The fourth-order valence-electron chi connectivity index (χ4n) is 3.62. The second-order valence-electron chi connectivity index (χ2n) is 7.53. The van der Waals surface area contributed by atoms with Crippen molar-refractivity contribution in [1.82, 2.24) is 4.98 Å². The van der Waals surface area contributed by atoms with E-state index < -0.39 is 0 Å². The van der Waals surface area contributed by atoms with Crippen LogP contribution in [0.15, 0.2) is 60.8 Å². The van der Waals surface area contributed by atoms with Crippen molar-refractivity contribution in [3.63, 3.8) is 0 Å². The van der Waals surface area contributed by atoms with E-state index >= 15 is 0 Å². The molecule has 4 rings (SSSR count). The molecule has 2 nitrogen and oxygen atoms in total. The quantitative estimate of drug-likeness (QED) is 0.550. The highest BCUT2D eigenvalue weighted by molar-refractivity contribution is 5.74. The van der Waals surface area contributed by atoms with Gasteiger partial charge in [-0.05, 0) is 35.7 Å². The molecule has 0 radical (unpaired) electrons. The van der Waals surface area contributed by atoms with Crippen molar-refractivity contribution >= 4 is 0 Å². The van der Waals surface area contributed by atoms with Gasteiger partial charge in [-0.3, -0.25) is 4.98 Å². The summed E-state index contributed by atoms with van der Waals surface area (Å²) in [6, 6.07) is 19.0. The van der Waals surface area contributed by atoms with Crippen LogP contribution in [0.2, 0.25) is 0 Å². The van der Waals surface area contributed by atoms with Gasteiger partial charge in [0.2, 0.25) is 0 Å². The van der Waals surface area contributed by atoms with E-state index in [0.717, 1.165) is 22.8 Å². The lowest BCUT2D eigenvalue weighted by Gasteiger charge is -2.35. The fourth-order valence-corrected chi connectivity index (χ4v) is 3.62. The Hall–Kier alpha value is -2.61. The van der Waals surface area contributed by atoms with Gasteiger partial charge in [-0.15, -0.1) is 0 Å². The number of pyridine rings is 1. The van der Waals surface area contributed by atoms with Crippen LogP contribution in [-0.2, 0) is 5.41 Å². The standard InChI is InChI=1S/C23H23NO/c1-15(2)16-12-13-24-20(14-16)17-8-7-10-19-22(17)25-21-11-6-5-9-18(21)23(19,3)4/h5-15H,1-4H3. The predicted molar refractivity (Wildman–Crippen MR) is 102 cm³/mol. The Kier molecular flexibility index (Phi) is 3.64. The zero-order chi connectivity index (χ0) is 17.6. The van der Waals surface area contributed by atoms with E-state index in [4.69, 9.17) is 4.74 Å². The number of ether oxygens (including phenoxy) is 1. The first-order valence-electron chi connectivity index (χ1n) is 8.85. The van der Waals surface area contributed by atoms with Crippen LogP contribution < -0.4 is 4.74 Å². The molecule has 0 N–H and O–H groups in total. The second-order valence-corrected chi connectivity index (χ2v) is 7.53. The summed E-state index contributed by atoms with van der Waals surface area (Å²) in [4.78, 5) is 4.62. The Morgan fingerprint density at radius 1 is 0.920 bits per heavy atom. The van der Waals surface area contributed by atoms with Gasteiger partial charge in [0.05, 0.1) is 5.69 Å². The number of hydrogen-bond acceptors (Lipinski definition) is 2. The highest BCUT2D eigenvalue weighted by atomic mass is 16.5. The van der Waals surface area contributed by atoms with E-state index in [2.05, 4.69) is 81.2 Å². The summed E-state index contributed by atoms with van der Waals surface area (Å²) >= 11 is 0. The molecule has 1 aliphatic rings. The molecule has 3 aromatic rings. The molecule has 0 fully saturated rings. The molecule has 25 heavy (non-hydrogen) atoms. The van der Waals surface area contributed by atoms with Gasteiger partial charge in [0.25, 0.3) is 0 Å². The van der Waals surface area contributed by atoms with E-state index in [0.29, 0.717) is 5.92 Å². The van der Waals surface area contributed by atoms with Crippen LogP contribution in [0.25, 0.3) is 11.3 Å². The van der Waals surface area contributed by atoms with Crippen molar-refractivity contribution in [3.8, 4) is 22.8 Å². The summed E-state index contributed by atoms with van der Waals surface area (Å²) in [5.74, 6) is 2.34. The first-order valence-corrected chi connectivity index (χ1v) is 8.85. The molecule has 1 aromatic heterocycles. The Morgan fingerprint density at radius 2 is 1.68 bits per heavy atom. The molecule has 2 aromatic carbocycles. The summed E-state index contributed by atoms with van der Waals surface area (Å²) in [6.45, 7) is 8.93. The number of nitrogens with zero attached hydrogens (tertiary/aromatic N) is 1. The van der Waals surface area contributed by atoms with Crippen molar-refractivity contribution in [2.45, 2.75) is 39.0 Å². The van der Waals surface area contributed by atoms with E-state index in [9.17, 15) is 0 Å². The molecular formula is C23H23NO. The lowest BCUT2D eigenvalue weighted by atomic mass is 9.75. The molecule has 1 aliphatic heterocycles. The van der Waals surface area contributed by atoms with Gasteiger partial charge in [0, 0.05) is 28.3 Å². The minimum atomic E-state index is -0.101. The molecule has 2 heteroatoms.